The summed E-state index contributed by atoms with van der Waals surface area (Å²) in [5, 5.41) is 0. The summed E-state index contributed by atoms with van der Waals surface area (Å²) in [7, 11) is 0. The molecule has 0 heterocycles. The Morgan fingerprint density at radius 3 is 2.36 bits per heavy atom. The second kappa shape index (κ2) is 7.07. The van der Waals surface area contributed by atoms with E-state index in [4.69, 9.17) is 0 Å². The highest BCUT2D eigenvalue weighted by atomic mass is 14.7. The smallest absolute Gasteiger partial charge is 0.0693 e. The molecule has 0 saturated heterocycles. The lowest BCUT2D eigenvalue weighted by molar-refractivity contribution is 1.33. The first kappa shape index (κ1) is 12.6. The Morgan fingerprint density at radius 2 is 1.86 bits per heavy atom. The molecule has 0 aromatic rings. The van der Waals surface area contributed by atoms with E-state index in [9.17, 15) is 0 Å². The first-order valence-corrected chi connectivity index (χ1v) is 4.95. The Balaban J connectivity index is 0.000000791. The van der Waals surface area contributed by atoms with Gasteiger partial charge in [0, 0.05) is 5.57 Å². The van der Waals surface area contributed by atoms with Gasteiger partial charge < -0.3 is 0 Å². The molecule has 0 aliphatic heterocycles. The van der Waals surface area contributed by atoms with Crippen molar-refractivity contribution in [3.8, 4) is 0 Å². The molecule has 76 valence electrons. The average molecular weight is 189 g/mol. The number of rotatable bonds is 2. The number of hydrogen-bond acceptors (Lipinski definition) is 1. The molecule has 1 rings (SSSR count). The van der Waals surface area contributed by atoms with E-state index in [0.29, 0.717) is 0 Å². The standard InChI is InChI=1S/C11H13N.C2H6/c1-9(2)10-7-5-4-6-8-11(10)12-3;1-2/h5-8H,1,3-4H2,2H3;1-2H3. The molecule has 0 atom stereocenters. The van der Waals surface area contributed by atoms with Crippen molar-refractivity contribution in [3.63, 3.8) is 0 Å². The number of aliphatic imine (C=N–C) groups is 1. The molecule has 1 aliphatic rings. The van der Waals surface area contributed by atoms with Gasteiger partial charge in [-0.1, -0.05) is 38.7 Å². The monoisotopic (exact) mass is 189 g/mol. The fourth-order valence-electron chi connectivity index (χ4n) is 1.12. The van der Waals surface area contributed by atoms with Crippen LogP contribution in [0.15, 0.2) is 52.7 Å². The van der Waals surface area contributed by atoms with Gasteiger partial charge in [0.15, 0.2) is 0 Å². The molecule has 0 spiro atoms. The Bertz CT molecular complexity index is 290. The lowest BCUT2D eigenvalue weighted by Gasteiger charge is -2.01. The van der Waals surface area contributed by atoms with E-state index in [1.54, 1.807) is 0 Å². The maximum absolute atomic E-state index is 3.94. The fraction of sp³-hybridized carbons (Fsp3) is 0.308. The molecule has 0 amide bonds. The first-order chi connectivity index (χ1) is 6.75. The molecule has 0 bridgehead atoms. The van der Waals surface area contributed by atoms with Crippen molar-refractivity contribution >= 4 is 6.72 Å². The van der Waals surface area contributed by atoms with Gasteiger partial charge in [0.05, 0.1) is 5.70 Å². The van der Waals surface area contributed by atoms with Crippen LogP contribution in [0.4, 0.5) is 0 Å². The van der Waals surface area contributed by atoms with Gasteiger partial charge >= 0.3 is 0 Å². The van der Waals surface area contributed by atoms with Crippen LogP contribution in [0.5, 0.6) is 0 Å². The molecular formula is C13H19N. The summed E-state index contributed by atoms with van der Waals surface area (Å²) >= 11 is 0. The van der Waals surface area contributed by atoms with Gasteiger partial charge in [-0.25, -0.2) is 0 Å². The van der Waals surface area contributed by atoms with Gasteiger partial charge in [-0.15, -0.1) is 0 Å². The number of nitrogens with zero attached hydrogens (tertiary/aromatic N) is 1. The number of allylic oxidation sites excluding steroid dienone is 6. The lowest BCUT2D eigenvalue weighted by atomic mass is 10.1. The summed E-state index contributed by atoms with van der Waals surface area (Å²) in [6, 6.07) is 0. The molecule has 0 N–H and O–H groups in total. The summed E-state index contributed by atoms with van der Waals surface area (Å²) in [6.07, 6.45) is 9.15. The van der Waals surface area contributed by atoms with E-state index in [2.05, 4.69) is 30.4 Å². The second-order valence-corrected chi connectivity index (χ2v) is 2.78. The molecule has 0 aromatic heterocycles. The minimum Gasteiger partial charge on any atom is -0.264 e. The molecule has 1 heteroatoms. The van der Waals surface area contributed by atoms with Crippen molar-refractivity contribution in [2.75, 3.05) is 0 Å². The van der Waals surface area contributed by atoms with Gasteiger partial charge in [-0.05, 0) is 31.7 Å². The van der Waals surface area contributed by atoms with Crippen LogP contribution in [0.2, 0.25) is 0 Å². The Hall–Kier alpha value is -1.37. The van der Waals surface area contributed by atoms with Crippen molar-refractivity contribution in [2.45, 2.75) is 27.2 Å². The van der Waals surface area contributed by atoms with Crippen LogP contribution in [-0.2, 0) is 0 Å². The van der Waals surface area contributed by atoms with Gasteiger partial charge in [0.1, 0.15) is 0 Å². The van der Waals surface area contributed by atoms with E-state index in [1.165, 1.54) is 0 Å². The fourth-order valence-corrected chi connectivity index (χ4v) is 1.12. The Morgan fingerprint density at radius 1 is 1.29 bits per heavy atom. The average Bonchev–Trinajstić information content (AvgIpc) is 2.45. The van der Waals surface area contributed by atoms with Crippen LogP contribution < -0.4 is 0 Å². The highest BCUT2D eigenvalue weighted by Gasteiger charge is 2.01. The summed E-state index contributed by atoms with van der Waals surface area (Å²) in [4.78, 5) is 3.94. The van der Waals surface area contributed by atoms with E-state index >= 15 is 0 Å². The molecule has 1 aliphatic carbocycles. The minimum absolute atomic E-state index is 0.913. The van der Waals surface area contributed by atoms with Gasteiger partial charge in [-0.3, -0.25) is 4.99 Å². The molecule has 0 unspecified atom stereocenters. The van der Waals surface area contributed by atoms with Crippen molar-refractivity contribution in [2.24, 2.45) is 4.99 Å². The Kier molecular flexibility index (Phi) is 6.38. The molecule has 1 nitrogen and oxygen atoms in total. The summed E-state index contributed by atoms with van der Waals surface area (Å²) in [6.45, 7) is 13.4. The maximum Gasteiger partial charge on any atom is 0.0693 e. The zero-order valence-electron chi connectivity index (χ0n) is 9.38. The normalized spacial score (nSPS) is 14.2. The highest BCUT2D eigenvalue weighted by molar-refractivity contribution is 5.48. The first-order valence-electron chi connectivity index (χ1n) is 4.95. The molecule has 0 saturated carbocycles. The van der Waals surface area contributed by atoms with Crippen LogP contribution >= 0.6 is 0 Å². The van der Waals surface area contributed by atoms with E-state index < -0.39 is 0 Å². The van der Waals surface area contributed by atoms with Crippen LogP contribution in [-0.4, -0.2) is 6.72 Å². The van der Waals surface area contributed by atoms with Gasteiger partial charge in [-0.2, -0.15) is 0 Å². The predicted molar refractivity (Wildman–Crippen MR) is 65.6 cm³/mol. The molecular weight excluding hydrogens is 170 g/mol. The van der Waals surface area contributed by atoms with Crippen LogP contribution in [0.3, 0.4) is 0 Å². The quantitative estimate of drug-likeness (QED) is 0.581. The summed E-state index contributed by atoms with van der Waals surface area (Å²) < 4.78 is 0. The SMILES string of the molecule is C=NC1=C(C(=C)C)C=CCC=C1.CC. The van der Waals surface area contributed by atoms with E-state index in [-0.39, 0.29) is 0 Å². The van der Waals surface area contributed by atoms with Crippen molar-refractivity contribution < 1.29 is 0 Å². The molecule has 0 fully saturated rings. The van der Waals surface area contributed by atoms with Gasteiger partial charge in [0.2, 0.25) is 0 Å². The second-order valence-electron chi connectivity index (χ2n) is 2.78. The largest absolute Gasteiger partial charge is 0.264 e. The summed E-state index contributed by atoms with van der Waals surface area (Å²) in [5.41, 5.74) is 3.02. The van der Waals surface area contributed by atoms with Crippen molar-refractivity contribution in [1.82, 2.24) is 0 Å². The third-order valence-electron chi connectivity index (χ3n) is 1.74. The van der Waals surface area contributed by atoms with Crippen molar-refractivity contribution in [1.29, 1.82) is 0 Å². The van der Waals surface area contributed by atoms with E-state index in [1.807, 2.05) is 32.9 Å². The molecule has 0 aromatic carbocycles. The summed E-state index contributed by atoms with van der Waals surface area (Å²) in [5.74, 6) is 0. The Labute approximate surface area is 87.3 Å². The van der Waals surface area contributed by atoms with Crippen LogP contribution in [0.1, 0.15) is 27.2 Å². The van der Waals surface area contributed by atoms with Gasteiger partial charge in [0.25, 0.3) is 0 Å². The number of hydrogen-bond donors (Lipinski definition) is 0. The topological polar surface area (TPSA) is 12.4 Å². The predicted octanol–water partition coefficient (Wildman–Crippen LogP) is 4.06. The molecule has 0 radical (unpaired) electrons. The van der Waals surface area contributed by atoms with Crippen LogP contribution in [0.25, 0.3) is 0 Å². The lowest BCUT2D eigenvalue weighted by Crippen LogP contribution is -1.83. The zero-order chi connectivity index (χ0) is 11.0. The van der Waals surface area contributed by atoms with Crippen molar-refractivity contribution in [3.05, 3.63) is 47.7 Å². The molecule has 14 heavy (non-hydrogen) atoms. The van der Waals surface area contributed by atoms with E-state index in [0.717, 1.165) is 23.3 Å². The zero-order valence-corrected chi connectivity index (χ0v) is 9.38. The maximum atomic E-state index is 3.94. The third kappa shape index (κ3) is 3.56. The van der Waals surface area contributed by atoms with Crippen LogP contribution in [0, 0.1) is 0 Å². The third-order valence-corrected chi connectivity index (χ3v) is 1.74. The minimum atomic E-state index is 0.913. The highest BCUT2D eigenvalue weighted by Crippen LogP contribution is 2.19.